The molecule has 0 spiro atoms. The molecule has 2 aromatic rings. The van der Waals surface area contributed by atoms with Gasteiger partial charge >= 0.3 is 30.9 Å². The maximum absolute atomic E-state index is 12.8. The number of hydrogen-bond donors (Lipinski definition) is 0. The summed E-state index contributed by atoms with van der Waals surface area (Å²) in [6.45, 7) is -2.33. The van der Waals surface area contributed by atoms with Gasteiger partial charge in [0.1, 0.15) is 13.2 Å². The number of benzene rings is 2. The maximum atomic E-state index is 12.8. The molecule has 0 N–H and O–H groups in total. The van der Waals surface area contributed by atoms with Gasteiger partial charge in [-0.05, 0) is 47.5 Å². The average molecular weight is 514 g/mol. The molecule has 0 unspecified atom stereocenters. The summed E-state index contributed by atoms with van der Waals surface area (Å²) in [7, 11) is 0. The zero-order chi connectivity index (χ0) is 26.1. The second-order valence-corrected chi connectivity index (χ2v) is 6.66. The van der Waals surface area contributed by atoms with Crippen LogP contribution < -0.4 is 0 Å². The van der Waals surface area contributed by atoms with Gasteiger partial charge in [-0.15, -0.1) is 0 Å². The standard InChI is InChI=1S/C19H10F12O3/c20-16(21,22)11-1-9(2-12(5-11)17(23,24)25)7-33-15(32)34-8-10-3-13(18(26,27)28)6-14(4-10)19(29,30)31/h1-6H,7-8H2. The van der Waals surface area contributed by atoms with Crippen molar-refractivity contribution in [2.45, 2.75) is 37.9 Å². The molecule has 0 saturated carbocycles. The van der Waals surface area contributed by atoms with E-state index in [1.54, 1.807) is 0 Å². The Balaban J connectivity index is 2.15. The molecule has 0 aromatic heterocycles. The van der Waals surface area contributed by atoms with Crippen molar-refractivity contribution in [2.75, 3.05) is 0 Å². The van der Waals surface area contributed by atoms with Crippen molar-refractivity contribution >= 4 is 6.16 Å². The molecule has 2 aromatic carbocycles. The van der Waals surface area contributed by atoms with Gasteiger partial charge in [-0.2, -0.15) is 52.7 Å². The minimum atomic E-state index is -5.17. The normalized spacial score (nSPS) is 13.1. The van der Waals surface area contributed by atoms with Crippen LogP contribution in [0.4, 0.5) is 57.5 Å². The second kappa shape index (κ2) is 9.25. The molecular formula is C19H10F12O3. The Morgan fingerprint density at radius 1 is 0.500 bits per heavy atom. The lowest BCUT2D eigenvalue weighted by Crippen LogP contribution is -2.14. The first-order chi connectivity index (χ1) is 15.3. The van der Waals surface area contributed by atoms with Crippen LogP contribution in [0.5, 0.6) is 0 Å². The number of halogens is 12. The fourth-order valence-corrected chi connectivity index (χ4v) is 2.53. The summed E-state index contributed by atoms with van der Waals surface area (Å²) < 4.78 is 162. The van der Waals surface area contributed by atoms with Gasteiger partial charge in [-0.3, -0.25) is 0 Å². The minimum absolute atomic E-state index is 0.173. The Labute approximate surface area is 181 Å². The highest BCUT2D eigenvalue weighted by atomic mass is 19.4. The lowest BCUT2D eigenvalue weighted by Gasteiger charge is -2.15. The Hall–Kier alpha value is -3.13. The fourth-order valence-electron chi connectivity index (χ4n) is 2.53. The van der Waals surface area contributed by atoms with Gasteiger partial charge in [0.2, 0.25) is 0 Å². The summed E-state index contributed by atoms with van der Waals surface area (Å²) >= 11 is 0. The smallest absolute Gasteiger partial charge is 0.429 e. The molecule has 34 heavy (non-hydrogen) atoms. The Bertz CT molecular complexity index is 887. The van der Waals surface area contributed by atoms with Crippen molar-refractivity contribution in [3.8, 4) is 0 Å². The zero-order valence-electron chi connectivity index (χ0n) is 16.1. The van der Waals surface area contributed by atoms with E-state index in [9.17, 15) is 57.5 Å². The van der Waals surface area contributed by atoms with E-state index in [0.717, 1.165) is 0 Å². The van der Waals surface area contributed by atoms with Gasteiger partial charge in [0.25, 0.3) is 0 Å². The molecule has 0 aliphatic rings. The third-order valence-corrected chi connectivity index (χ3v) is 4.01. The van der Waals surface area contributed by atoms with Gasteiger partial charge in [-0.25, -0.2) is 4.79 Å². The van der Waals surface area contributed by atoms with Crippen molar-refractivity contribution in [2.24, 2.45) is 0 Å². The van der Waals surface area contributed by atoms with E-state index in [-0.39, 0.29) is 36.4 Å². The monoisotopic (exact) mass is 514 g/mol. The van der Waals surface area contributed by atoms with Crippen LogP contribution in [-0.2, 0) is 47.4 Å². The largest absolute Gasteiger partial charge is 0.508 e. The second-order valence-electron chi connectivity index (χ2n) is 6.66. The Morgan fingerprint density at radius 2 is 0.735 bits per heavy atom. The quantitative estimate of drug-likeness (QED) is 0.311. The highest BCUT2D eigenvalue weighted by molar-refractivity contribution is 5.60. The first-order valence-electron chi connectivity index (χ1n) is 8.63. The lowest BCUT2D eigenvalue weighted by molar-refractivity contribution is -0.144. The SMILES string of the molecule is O=C(OCc1cc(C(F)(F)F)cc(C(F)(F)F)c1)OCc1cc(C(F)(F)F)cc(C(F)(F)F)c1. The molecule has 2 rings (SSSR count). The summed E-state index contributed by atoms with van der Waals surface area (Å²) in [6, 6.07) is 0.674. The summed E-state index contributed by atoms with van der Waals surface area (Å²) in [6.07, 6.45) is -22.4. The van der Waals surface area contributed by atoms with Crippen molar-refractivity contribution < 1.29 is 67.0 Å². The summed E-state index contributed by atoms with van der Waals surface area (Å²) in [5.41, 5.74) is -8.29. The van der Waals surface area contributed by atoms with Crippen molar-refractivity contribution in [3.05, 3.63) is 69.8 Å². The van der Waals surface area contributed by atoms with E-state index in [4.69, 9.17) is 0 Å². The molecule has 0 amide bonds. The molecule has 3 nitrogen and oxygen atoms in total. The van der Waals surface area contributed by atoms with E-state index >= 15 is 0 Å². The molecule has 0 atom stereocenters. The number of rotatable bonds is 4. The predicted molar refractivity (Wildman–Crippen MR) is 87.9 cm³/mol. The summed E-state index contributed by atoms with van der Waals surface area (Å²) in [5, 5.41) is 0. The molecule has 0 heterocycles. The van der Waals surface area contributed by atoms with Crippen LogP contribution in [0.25, 0.3) is 0 Å². The minimum Gasteiger partial charge on any atom is -0.429 e. The summed E-state index contributed by atoms with van der Waals surface area (Å²) in [4.78, 5) is 11.6. The van der Waals surface area contributed by atoms with Crippen molar-refractivity contribution in [1.82, 2.24) is 0 Å². The number of carbonyl (C=O) groups excluding carboxylic acids is 1. The first-order valence-corrected chi connectivity index (χ1v) is 8.63. The molecule has 0 saturated heterocycles. The zero-order valence-corrected chi connectivity index (χ0v) is 16.1. The molecular weight excluding hydrogens is 504 g/mol. The van der Waals surface area contributed by atoms with Gasteiger partial charge in [0.05, 0.1) is 22.3 Å². The predicted octanol–water partition coefficient (Wildman–Crippen LogP) is 7.62. The summed E-state index contributed by atoms with van der Waals surface area (Å²) in [5.74, 6) is 0. The number of ether oxygens (including phenoxy) is 2. The number of alkyl halides is 12. The van der Waals surface area contributed by atoms with E-state index < -0.39 is 77.5 Å². The van der Waals surface area contributed by atoms with Crippen LogP contribution in [0.3, 0.4) is 0 Å². The third-order valence-electron chi connectivity index (χ3n) is 4.01. The highest BCUT2D eigenvalue weighted by Crippen LogP contribution is 2.37. The fraction of sp³-hybridized carbons (Fsp3) is 0.316. The first kappa shape index (κ1) is 27.1. The number of hydrogen-bond acceptors (Lipinski definition) is 3. The molecule has 0 aliphatic carbocycles. The topological polar surface area (TPSA) is 35.5 Å². The molecule has 0 fully saturated rings. The molecule has 0 radical (unpaired) electrons. The lowest BCUT2D eigenvalue weighted by atomic mass is 10.1. The van der Waals surface area contributed by atoms with Crippen molar-refractivity contribution in [3.63, 3.8) is 0 Å². The van der Waals surface area contributed by atoms with E-state index in [1.807, 2.05) is 0 Å². The van der Waals surface area contributed by atoms with Crippen LogP contribution in [0, 0.1) is 0 Å². The Kier molecular flexibility index (Phi) is 7.38. The van der Waals surface area contributed by atoms with Crippen LogP contribution in [0.2, 0.25) is 0 Å². The highest BCUT2D eigenvalue weighted by Gasteiger charge is 2.38. The molecule has 15 heteroatoms. The van der Waals surface area contributed by atoms with E-state index in [1.165, 1.54) is 0 Å². The van der Waals surface area contributed by atoms with Crippen LogP contribution in [0.15, 0.2) is 36.4 Å². The van der Waals surface area contributed by atoms with Crippen LogP contribution in [0.1, 0.15) is 33.4 Å². The molecule has 188 valence electrons. The number of carbonyl (C=O) groups is 1. The third kappa shape index (κ3) is 7.45. The molecule has 0 bridgehead atoms. The van der Waals surface area contributed by atoms with Gasteiger partial charge in [0, 0.05) is 0 Å². The van der Waals surface area contributed by atoms with Gasteiger partial charge in [0.15, 0.2) is 0 Å². The maximum Gasteiger partial charge on any atom is 0.508 e. The average Bonchev–Trinajstić information content (AvgIpc) is 2.67. The van der Waals surface area contributed by atoms with E-state index in [0.29, 0.717) is 0 Å². The van der Waals surface area contributed by atoms with E-state index in [2.05, 4.69) is 9.47 Å². The van der Waals surface area contributed by atoms with Crippen LogP contribution >= 0.6 is 0 Å². The van der Waals surface area contributed by atoms with Gasteiger partial charge in [-0.1, -0.05) is 0 Å². The molecule has 0 aliphatic heterocycles. The van der Waals surface area contributed by atoms with Gasteiger partial charge < -0.3 is 9.47 Å². The van der Waals surface area contributed by atoms with Crippen LogP contribution in [-0.4, -0.2) is 6.16 Å². The Morgan fingerprint density at radius 3 is 0.941 bits per heavy atom. The van der Waals surface area contributed by atoms with Crippen molar-refractivity contribution in [1.29, 1.82) is 0 Å².